The summed E-state index contributed by atoms with van der Waals surface area (Å²) in [6, 6.07) is 0.258. The highest BCUT2D eigenvalue weighted by atomic mass is 16.2. The molecule has 0 aromatic rings. The van der Waals surface area contributed by atoms with Gasteiger partial charge in [0.15, 0.2) is 0 Å². The van der Waals surface area contributed by atoms with E-state index in [0.717, 1.165) is 38.8 Å². The van der Waals surface area contributed by atoms with Crippen molar-refractivity contribution in [3.63, 3.8) is 0 Å². The zero-order valence-corrected chi connectivity index (χ0v) is 14.5. The van der Waals surface area contributed by atoms with Gasteiger partial charge in [0.2, 0.25) is 11.8 Å². The summed E-state index contributed by atoms with van der Waals surface area (Å²) in [5.74, 6) is 0.734. The van der Waals surface area contributed by atoms with Crippen LogP contribution in [0.15, 0.2) is 0 Å². The van der Waals surface area contributed by atoms with E-state index in [4.69, 9.17) is 0 Å². The van der Waals surface area contributed by atoms with Crippen LogP contribution in [0.25, 0.3) is 0 Å². The topological polar surface area (TPSA) is 49.4 Å². The number of carbonyl (C=O) groups is 2. The number of hydrogen-bond donors (Lipinski definition) is 1. The highest BCUT2D eigenvalue weighted by Gasteiger charge is 2.28. The van der Waals surface area contributed by atoms with Crippen molar-refractivity contribution in [1.29, 1.82) is 0 Å². The van der Waals surface area contributed by atoms with Crippen molar-refractivity contribution in [1.82, 2.24) is 10.2 Å². The molecule has 2 fully saturated rings. The van der Waals surface area contributed by atoms with Gasteiger partial charge in [0.25, 0.3) is 0 Å². The fourth-order valence-electron chi connectivity index (χ4n) is 3.52. The maximum Gasteiger partial charge on any atom is 0.223 e. The Balaban J connectivity index is 1.72. The van der Waals surface area contributed by atoms with Crippen LogP contribution in [0.3, 0.4) is 0 Å². The largest absolute Gasteiger partial charge is 0.353 e. The molecule has 4 nitrogen and oxygen atoms in total. The number of nitrogens with one attached hydrogen (secondary N) is 1. The van der Waals surface area contributed by atoms with Gasteiger partial charge in [-0.25, -0.2) is 0 Å². The van der Waals surface area contributed by atoms with Crippen LogP contribution >= 0.6 is 0 Å². The van der Waals surface area contributed by atoms with E-state index >= 15 is 0 Å². The van der Waals surface area contributed by atoms with Crippen LogP contribution in [0.5, 0.6) is 0 Å². The molecular weight excluding hydrogens is 276 g/mol. The summed E-state index contributed by atoms with van der Waals surface area (Å²) in [5.41, 5.74) is 0.0448. The SMILES string of the molecule is CC(C)(C)CC(=O)N1CCC(NC(=O)C2CCCCC2)CC1. The minimum absolute atomic E-state index is 0.0448. The molecule has 0 aromatic carbocycles. The van der Waals surface area contributed by atoms with Crippen molar-refractivity contribution in [3.8, 4) is 0 Å². The second-order valence-corrected chi connectivity index (χ2v) is 8.24. The van der Waals surface area contributed by atoms with Gasteiger partial charge in [0.05, 0.1) is 0 Å². The third-order valence-corrected chi connectivity index (χ3v) is 4.85. The van der Waals surface area contributed by atoms with Crippen molar-refractivity contribution < 1.29 is 9.59 Å². The molecule has 0 spiro atoms. The van der Waals surface area contributed by atoms with Gasteiger partial charge in [-0.1, -0.05) is 40.0 Å². The number of piperidine rings is 1. The number of likely N-dealkylation sites (tertiary alicyclic amines) is 1. The maximum atomic E-state index is 12.3. The summed E-state index contributed by atoms with van der Waals surface area (Å²) >= 11 is 0. The smallest absolute Gasteiger partial charge is 0.223 e. The average Bonchev–Trinajstić information content (AvgIpc) is 2.47. The highest BCUT2D eigenvalue weighted by molar-refractivity contribution is 5.79. The van der Waals surface area contributed by atoms with Gasteiger partial charge in [-0.3, -0.25) is 9.59 Å². The summed E-state index contributed by atoms with van der Waals surface area (Å²) in [4.78, 5) is 26.5. The monoisotopic (exact) mass is 308 g/mol. The van der Waals surface area contributed by atoms with E-state index in [1.54, 1.807) is 0 Å². The van der Waals surface area contributed by atoms with Crippen LogP contribution < -0.4 is 5.32 Å². The Morgan fingerprint density at radius 1 is 1.00 bits per heavy atom. The van der Waals surface area contributed by atoms with E-state index in [1.165, 1.54) is 19.3 Å². The Kier molecular flexibility index (Phi) is 5.87. The van der Waals surface area contributed by atoms with E-state index in [0.29, 0.717) is 6.42 Å². The van der Waals surface area contributed by atoms with Crippen molar-refractivity contribution in [3.05, 3.63) is 0 Å². The predicted molar refractivity (Wildman–Crippen MR) is 88.4 cm³/mol. The molecule has 1 heterocycles. The van der Waals surface area contributed by atoms with E-state index < -0.39 is 0 Å². The number of rotatable bonds is 3. The molecule has 1 aliphatic carbocycles. The van der Waals surface area contributed by atoms with E-state index in [-0.39, 0.29) is 29.2 Å². The highest BCUT2D eigenvalue weighted by Crippen LogP contribution is 2.25. The lowest BCUT2D eigenvalue weighted by molar-refractivity contribution is -0.134. The Morgan fingerprint density at radius 2 is 1.59 bits per heavy atom. The summed E-state index contributed by atoms with van der Waals surface area (Å²) in [6.07, 6.45) is 8.16. The molecular formula is C18H32N2O2. The van der Waals surface area contributed by atoms with Gasteiger partial charge < -0.3 is 10.2 Å². The second kappa shape index (κ2) is 7.47. The first-order chi connectivity index (χ1) is 10.3. The van der Waals surface area contributed by atoms with Gasteiger partial charge in [0, 0.05) is 31.5 Å². The first kappa shape index (κ1) is 17.3. The van der Waals surface area contributed by atoms with Gasteiger partial charge >= 0.3 is 0 Å². The molecule has 1 aliphatic heterocycles. The Morgan fingerprint density at radius 3 is 2.14 bits per heavy atom. The van der Waals surface area contributed by atoms with Crippen LogP contribution in [-0.4, -0.2) is 35.8 Å². The zero-order valence-electron chi connectivity index (χ0n) is 14.5. The Labute approximate surface area is 135 Å². The lowest BCUT2D eigenvalue weighted by atomic mass is 9.88. The van der Waals surface area contributed by atoms with Crippen molar-refractivity contribution in [2.45, 2.75) is 78.2 Å². The molecule has 1 N–H and O–H groups in total. The minimum Gasteiger partial charge on any atom is -0.353 e. The van der Waals surface area contributed by atoms with Crippen molar-refractivity contribution >= 4 is 11.8 Å². The molecule has 2 amide bonds. The quantitative estimate of drug-likeness (QED) is 0.871. The Bertz CT molecular complexity index is 386. The van der Waals surface area contributed by atoms with Crippen molar-refractivity contribution in [2.24, 2.45) is 11.3 Å². The molecule has 0 bridgehead atoms. The molecule has 0 unspecified atom stereocenters. The summed E-state index contributed by atoms with van der Waals surface area (Å²) in [5, 5.41) is 3.22. The van der Waals surface area contributed by atoms with Crippen LogP contribution in [0.1, 0.15) is 72.1 Å². The van der Waals surface area contributed by atoms with Crippen LogP contribution in [0, 0.1) is 11.3 Å². The molecule has 0 atom stereocenters. The Hall–Kier alpha value is -1.06. The number of nitrogens with zero attached hydrogens (tertiary/aromatic N) is 1. The fraction of sp³-hybridized carbons (Fsp3) is 0.889. The minimum atomic E-state index is 0.0448. The van der Waals surface area contributed by atoms with E-state index in [9.17, 15) is 9.59 Å². The third-order valence-electron chi connectivity index (χ3n) is 4.85. The van der Waals surface area contributed by atoms with Gasteiger partial charge in [-0.2, -0.15) is 0 Å². The molecule has 2 rings (SSSR count). The predicted octanol–water partition coefficient (Wildman–Crippen LogP) is 3.11. The average molecular weight is 308 g/mol. The zero-order chi connectivity index (χ0) is 16.2. The van der Waals surface area contributed by atoms with E-state index in [2.05, 4.69) is 26.1 Å². The summed E-state index contributed by atoms with van der Waals surface area (Å²) < 4.78 is 0. The van der Waals surface area contributed by atoms with Crippen molar-refractivity contribution in [2.75, 3.05) is 13.1 Å². The molecule has 1 saturated carbocycles. The lowest BCUT2D eigenvalue weighted by Crippen LogP contribution is -2.48. The lowest BCUT2D eigenvalue weighted by Gasteiger charge is -2.34. The molecule has 1 saturated heterocycles. The first-order valence-electron chi connectivity index (χ1n) is 8.93. The summed E-state index contributed by atoms with van der Waals surface area (Å²) in [7, 11) is 0. The molecule has 0 radical (unpaired) electrons. The fourth-order valence-corrected chi connectivity index (χ4v) is 3.52. The number of amides is 2. The molecule has 126 valence electrons. The second-order valence-electron chi connectivity index (χ2n) is 8.24. The van der Waals surface area contributed by atoms with Gasteiger partial charge in [-0.15, -0.1) is 0 Å². The van der Waals surface area contributed by atoms with Crippen LogP contribution in [0.4, 0.5) is 0 Å². The third kappa shape index (κ3) is 5.29. The molecule has 2 aliphatic rings. The number of carbonyl (C=O) groups excluding carboxylic acids is 2. The van der Waals surface area contributed by atoms with Gasteiger partial charge in [-0.05, 0) is 31.1 Å². The number of hydrogen-bond acceptors (Lipinski definition) is 2. The van der Waals surface area contributed by atoms with Crippen LogP contribution in [-0.2, 0) is 9.59 Å². The molecule has 0 aromatic heterocycles. The molecule has 4 heteroatoms. The normalized spacial score (nSPS) is 21.7. The standard InChI is InChI=1S/C18H32N2O2/c1-18(2,3)13-16(21)20-11-9-15(10-12-20)19-17(22)14-7-5-4-6-8-14/h14-15H,4-13H2,1-3H3,(H,19,22). The first-order valence-corrected chi connectivity index (χ1v) is 8.93. The maximum absolute atomic E-state index is 12.3. The van der Waals surface area contributed by atoms with Crippen LogP contribution in [0.2, 0.25) is 0 Å². The van der Waals surface area contributed by atoms with E-state index in [1.807, 2.05) is 4.90 Å². The summed E-state index contributed by atoms with van der Waals surface area (Å²) in [6.45, 7) is 7.86. The molecule has 22 heavy (non-hydrogen) atoms. The van der Waals surface area contributed by atoms with Gasteiger partial charge in [0.1, 0.15) is 0 Å².